The van der Waals surface area contributed by atoms with Crippen molar-refractivity contribution in [2.75, 3.05) is 13.6 Å². The highest BCUT2D eigenvalue weighted by Crippen LogP contribution is 2.32. The van der Waals surface area contributed by atoms with Gasteiger partial charge in [-0.05, 0) is 37.2 Å². The van der Waals surface area contributed by atoms with Crippen molar-refractivity contribution in [2.45, 2.75) is 12.3 Å². The summed E-state index contributed by atoms with van der Waals surface area (Å²) in [5.74, 6) is 0.403. The van der Waals surface area contributed by atoms with Crippen LogP contribution in [0.4, 0.5) is 0 Å². The average Bonchev–Trinajstić information content (AvgIpc) is 2.93. The van der Waals surface area contributed by atoms with E-state index < -0.39 is 0 Å². The molecule has 2 N–H and O–H groups in total. The molecular weight excluding hydrogens is 246 g/mol. The first-order chi connectivity index (χ1) is 9.90. The molecule has 2 heterocycles. The molecule has 102 valence electrons. The maximum absolute atomic E-state index is 4.18. The normalized spacial score (nSPS) is 12.7. The first kappa shape index (κ1) is 12.9. The number of H-pyrrole nitrogens is 1. The van der Waals surface area contributed by atoms with Crippen LogP contribution in [0, 0.1) is 0 Å². The van der Waals surface area contributed by atoms with Crippen molar-refractivity contribution < 1.29 is 0 Å². The number of nitrogens with one attached hydrogen (secondary N) is 2. The first-order valence-electron chi connectivity index (χ1n) is 7.00. The second-order valence-electron chi connectivity index (χ2n) is 5.02. The van der Waals surface area contributed by atoms with Crippen molar-refractivity contribution in [1.29, 1.82) is 0 Å². The highest BCUT2D eigenvalue weighted by atomic mass is 14.8. The van der Waals surface area contributed by atoms with Crippen LogP contribution >= 0.6 is 0 Å². The van der Waals surface area contributed by atoms with E-state index in [4.69, 9.17) is 0 Å². The number of hydrogen-bond donors (Lipinski definition) is 2. The number of aromatic nitrogens is 2. The van der Waals surface area contributed by atoms with Crippen molar-refractivity contribution in [3.8, 4) is 0 Å². The minimum Gasteiger partial charge on any atom is -0.360 e. The van der Waals surface area contributed by atoms with Crippen molar-refractivity contribution in [3.05, 3.63) is 66.1 Å². The molecule has 3 rings (SSSR count). The van der Waals surface area contributed by atoms with Crippen LogP contribution in [0.15, 0.2) is 55.0 Å². The van der Waals surface area contributed by atoms with Gasteiger partial charge in [0.25, 0.3) is 0 Å². The Kier molecular flexibility index (Phi) is 3.79. The smallest absolute Gasteiger partial charge is 0.0643 e. The lowest BCUT2D eigenvalue weighted by Gasteiger charge is -2.17. The summed E-state index contributed by atoms with van der Waals surface area (Å²) in [6.45, 7) is 0.997. The lowest BCUT2D eigenvalue weighted by atomic mass is 9.88. The number of benzene rings is 1. The third-order valence-corrected chi connectivity index (χ3v) is 3.78. The van der Waals surface area contributed by atoms with Gasteiger partial charge in [0, 0.05) is 23.7 Å². The van der Waals surface area contributed by atoms with Gasteiger partial charge >= 0.3 is 0 Å². The molecular formula is C17H19N3. The SMILES string of the molecule is CNCCC(c1ccccc1)c1c[nH]c2cnccc12. The van der Waals surface area contributed by atoms with E-state index in [1.165, 1.54) is 16.5 Å². The Balaban J connectivity index is 2.05. The van der Waals surface area contributed by atoms with Crippen LogP contribution in [0.5, 0.6) is 0 Å². The molecule has 3 heteroatoms. The summed E-state index contributed by atoms with van der Waals surface area (Å²) < 4.78 is 0. The quantitative estimate of drug-likeness (QED) is 0.743. The topological polar surface area (TPSA) is 40.7 Å². The highest BCUT2D eigenvalue weighted by Gasteiger charge is 2.17. The molecule has 0 fully saturated rings. The Hall–Kier alpha value is -2.13. The lowest BCUT2D eigenvalue weighted by Crippen LogP contribution is -2.13. The molecule has 0 spiro atoms. The average molecular weight is 265 g/mol. The second-order valence-corrected chi connectivity index (χ2v) is 5.02. The molecule has 3 nitrogen and oxygen atoms in total. The van der Waals surface area contributed by atoms with E-state index in [9.17, 15) is 0 Å². The monoisotopic (exact) mass is 265 g/mol. The largest absolute Gasteiger partial charge is 0.360 e. The van der Waals surface area contributed by atoms with E-state index in [-0.39, 0.29) is 0 Å². The number of pyridine rings is 1. The van der Waals surface area contributed by atoms with Gasteiger partial charge in [-0.1, -0.05) is 30.3 Å². The Morgan fingerprint density at radius 3 is 2.85 bits per heavy atom. The van der Waals surface area contributed by atoms with E-state index in [1.807, 2.05) is 19.4 Å². The molecule has 0 saturated carbocycles. The van der Waals surface area contributed by atoms with Gasteiger partial charge in [0.2, 0.25) is 0 Å². The third-order valence-electron chi connectivity index (χ3n) is 3.78. The molecule has 1 atom stereocenters. The van der Waals surface area contributed by atoms with Gasteiger partial charge in [-0.15, -0.1) is 0 Å². The molecule has 2 aromatic heterocycles. The zero-order chi connectivity index (χ0) is 13.8. The predicted molar refractivity (Wildman–Crippen MR) is 82.9 cm³/mol. The first-order valence-corrected chi connectivity index (χ1v) is 7.00. The van der Waals surface area contributed by atoms with E-state index in [1.54, 1.807) is 0 Å². The molecule has 0 saturated heterocycles. The van der Waals surface area contributed by atoms with Gasteiger partial charge in [-0.3, -0.25) is 4.98 Å². The fraction of sp³-hybridized carbons (Fsp3) is 0.235. The van der Waals surface area contributed by atoms with Crippen molar-refractivity contribution >= 4 is 10.9 Å². The van der Waals surface area contributed by atoms with Crippen LogP contribution in [0.2, 0.25) is 0 Å². The van der Waals surface area contributed by atoms with Gasteiger partial charge in [-0.25, -0.2) is 0 Å². The predicted octanol–water partition coefficient (Wildman–Crippen LogP) is 3.30. The molecule has 0 aliphatic carbocycles. The summed E-state index contributed by atoms with van der Waals surface area (Å²) in [6.07, 6.45) is 6.95. The second kappa shape index (κ2) is 5.88. The van der Waals surface area contributed by atoms with Crippen LogP contribution in [0.25, 0.3) is 10.9 Å². The molecule has 0 bridgehead atoms. The van der Waals surface area contributed by atoms with Crippen LogP contribution in [0.1, 0.15) is 23.5 Å². The van der Waals surface area contributed by atoms with Crippen LogP contribution < -0.4 is 5.32 Å². The molecule has 1 aromatic carbocycles. The fourth-order valence-electron chi connectivity index (χ4n) is 2.76. The lowest BCUT2D eigenvalue weighted by molar-refractivity contribution is 0.664. The minimum atomic E-state index is 0.403. The zero-order valence-corrected chi connectivity index (χ0v) is 11.6. The summed E-state index contributed by atoms with van der Waals surface area (Å²) in [5.41, 5.74) is 3.82. The van der Waals surface area contributed by atoms with E-state index in [0.717, 1.165) is 18.5 Å². The fourth-order valence-corrected chi connectivity index (χ4v) is 2.76. The van der Waals surface area contributed by atoms with Gasteiger partial charge in [0.15, 0.2) is 0 Å². The van der Waals surface area contributed by atoms with Gasteiger partial charge < -0.3 is 10.3 Å². The molecule has 20 heavy (non-hydrogen) atoms. The number of hydrogen-bond acceptors (Lipinski definition) is 2. The van der Waals surface area contributed by atoms with Gasteiger partial charge in [0.05, 0.1) is 11.7 Å². The van der Waals surface area contributed by atoms with Crippen molar-refractivity contribution in [3.63, 3.8) is 0 Å². The molecule has 0 radical (unpaired) electrons. The molecule has 0 amide bonds. The summed E-state index contributed by atoms with van der Waals surface area (Å²) in [5, 5.41) is 4.52. The van der Waals surface area contributed by atoms with E-state index >= 15 is 0 Å². The number of nitrogens with zero attached hydrogens (tertiary/aromatic N) is 1. The van der Waals surface area contributed by atoms with E-state index in [2.05, 4.69) is 57.9 Å². The summed E-state index contributed by atoms with van der Waals surface area (Å²) >= 11 is 0. The zero-order valence-electron chi connectivity index (χ0n) is 11.6. The van der Waals surface area contributed by atoms with Crippen molar-refractivity contribution in [2.24, 2.45) is 0 Å². The van der Waals surface area contributed by atoms with Gasteiger partial charge in [-0.2, -0.15) is 0 Å². The maximum atomic E-state index is 4.18. The highest BCUT2D eigenvalue weighted by molar-refractivity contribution is 5.83. The van der Waals surface area contributed by atoms with Crippen LogP contribution in [-0.4, -0.2) is 23.6 Å². The number of aromatic amines is 1. The molecule has 3 aromatic rings. The molecule has 0 aliphatic heterocycles. The maximum Gasteiger partial charge on any atom is 0.0643 e. The summed E-state index contributed by atoms with van der Waals surface area (Å²) in [4.78, 5) is 7.51. The Morgan fingerprint density at radius 1 is 1.20 bits per heavy atom. The minimum absolute atomic E-state index is 0.403. The van der Waals surface area contributed by atoms with Crippen molar-refractivity contribution in [1.82, 2.24) is 15.3 Å². The number of fused-ring (bicyclic) bond motifs is 1. The third kappa shape index (κ3) is 2.45. The van der Waals surface area contributed by atoms with Crippen LogP contribution in [-0.2, 0) is 0 Å². The Bertz CT molecular complexity index is 673. The molecule has 1 unspecified atom stereocenters. The standard InChI is InChI=1S/C17H19N3/c1-18-9-7-14(13-5-3-2-4-6-13)16-11-20-17-12-19-10-8-15(16)17/h2-6,8,10-12,14,18,20H,7,9H2,1H3. The number of rotatable bonds is 5. The Morgan fingerprint density at radius 2 is 2.05 bits per heavy atom. The van der Waals surface area contributed by atoms with E-state index in [0.29, 0.717) is 5.92 Å². The summed E-state index contributed by atoms with van der Waals surface area (Å²) in [7, 11) is 2.00. The Labute approximate surface area is 119 Å². The van der Waals surface area contributed by atoms with Crippen LogP contribution in [0.3, 0.4) is 0 Å². The van der Waals surface area contributed by atoms with Gasteiger partial charge in [0.1, 0.15) is 0 Å². The summed E-state index contributed by atoms with van der Waals surface area (Å²) in [6, 6.07) is 12.8. The molecule has 0 aliphatic rings.